The summed E-state index contributed by atoms with van der Waals surface area (Å²) >= 11 is 0. The van der Waals surface area contributed by atoms with Gasteiger partial charge in [-0.15, -0.1) is 0 Å². The standard InChI is InChI=1S/C10H17N5/c1-2-3-6-14-15(9-4-5-9)10-12-7-11-8-13-10/h7-9,14H,2-6H2,1H3. The van der Waals surface area contributed by atoms with Crippen molar-refractivity contribution in [2.24, 2.45) is 0 Å². The third-order valence-corrected chi connectivity index (χ3v) is 2.42. The van der Waals surface area contributed by atoms with Crippen molar-refractivity contribution in [3.8, 4) is 0 Å². The van der Waals surface area contributed by atoms with E-state index >= 15 is 0 Å². The lowest BCUT2D eigenvalue weighted by Gasteiger charge is -2.22. The van der Waals surface area contributed by atoms with Crippen LogP contribution in [0, 0.1) is 0 Å². The van der Waals surface area contributed by atoms with Gasteiger partial charge in [-0.2, -0.15) is 0 Å². The van der Waals surface area contributed by atoms with Crippen LogP contribution in [0.2, 0.25) is 0 Å². The molecule has 2 rings (SSSR count). The molecule has 5 heteroatoms. The first-order valence-corrected chi connectivity index (χ1v) is 5.56. The molecule has 0 atom stereocenters. The predicted octanol–water partition coefficient (Wildman–Crippen LogP) is 1.15. The molecule has 5 nitrogen and oxygen atoms in total. The highest BCUT2D eigenvalue weighted by molar-refractivity contribution is 5.29. The summed E-state index contributed by atoms with van der Waals surface area (Å²) in [6, 6.07) is 0.573. The van der Waals surface area contributed by atoms with Gasteiger partial charge in [0.2, 0.25) is 5.95 Å². The summed E-state index contributed by atoms with van der Waals surface area (Å²) in [5.74, 6) is 0.739. The minimum atomic E-state index is 0.573. The van der Waals surface area contributed by atoms with Crippen LogP contribution in [0.5, 0.6) is 0 Å². The third-order valence-electron chi connectivity index (χ3n) is 2.42. The van der Waals surface area contributed by atoms with Crippen molar-refractivity contribution in [3.63, 3.8) is 0 Å². The molecule has 0 saturated heterocycles. The molecule has 1 aromatic rings. The van der Waals surface area contributed by atoms with E-state index in [9.17, 15) is 0 Å². The van der Waals surface area contributed by atoms with E-state index in [1.807, 2.05) is 0 Å². The van der Waals surface area contributed by atoms with Gasteiger partial charge in [-0.3, -0.25) is 5.01 Å². The summed E-state index contributed by atoms with van der Waals surface area (Å²) in [7, 11) is 0. The fourth-order valence-electron chi connectivity index (χ4n) is 1.43. The summed E-state index contributed by atoms with van der Waals surface area (Å²) in [5.41, 5.74) is 3.38. The number of hydrogen-bond donors (Lipinski definition) is 1. The average Bonchev–Trinajstić information content (AvgIpc) is 3.10. The van der Waals surface area contributed by atoms with E-state index in [1.54, 1.807) is 12.7 Å². The van der Waals surface area contributed by atoms with E-state index in [4.69, 9.17) is 0 Å². The molecule has 1 fully saturated rings. The fraction of sp³-hybridized carbons (Fsp3) is 0.700. The van der Waals surface area contributed by atoms with Crippen LogP contribution in [0.25, 0.3) is 0 Å². The molecule has 82 valence electrons. The van der Waals surface area contributed by atoms with Gasteiger partial charge in [-0.1, -0.05) is 13.3 Å². The molecule has 0 aliphatic heterocycles. The minimum absolute atomic E-state index is 0.573. The van der Waals surface area contributed by atoms with Crippen LogP contribution < -0.4 is 10.4 Å². The van der Waals surface area contributed by atoms with Gasteiger partial charge in [0.1, 0.15) is 12.7 Å². The van der Waals surface area contributed by atoms with Gasteiger partial charge in [0.25, 0.3) is 0 Å². The highest BCUT2D eigenvalue weighted by Crippen LogP contribution is 2.27. The van der Waals surface area contributed by atoms with Gasteiger partial charge < -0.3 is 0 Å². The molecule has 1 aromatic heterocycles. The molecule has 1 aliphatic carbocycles. The zero-order chi connectivity index (χ0) is 10.5. The van der Waals surface area contributed by atoms with Gasteiger partial charge in [0, 0.05) is 12.6 Å². The topological polar surface area (TPSA) is 53.9 Å². The zero-order valence-corrected chi connectivity index (χ0v) is 9.06. The largest absolute Gasteiger partial charge is 0.273 e. The van der Waals surface area contributed by atoms with Crippen molar-refractivity contribution in [1.29, 1.82) is 0 Å². The number of nitrogens with one attached hydrogen (secondary N) is 1. The Morgan fingerprint density at radius 2 is 2.13 bits per heavy atom. The molecule has 0 unspecified atom stereocenters. The monoisotopic (exact) mass is 207 g/mol. The Balaban J connectivity index is 1.94. The number of unbranched alkanes of at least 4 members (excludes halogenated alkanes) is 1. The molecule has 0 radical (unpaired) electrons. The minimum Gasteiger partial charge on any atom is -0.273 e. The Morgan fingerprint density at radius 1 is 1.40 bits per heavy atom. The van der Waals surface area contributed by atoms with E-state index in [2.05, 4.69) is 32.3 Å². The van der Waals surface area contributed by atoms with Gasteiger partial charge in [0.15, 0.2) is 0 Å². The summed E-state index contributed by atoms with van der Waals surface area (Å²) in [5, 5.41) is 2.08. The molecule has 1 saturated carbocycles. The normalized spacial score (nSPS) is 15.3. The lowest BCUT2D eigenvalue weighted by Crippen LogP contribution is -2.41. The zero-order valence-electron chi connectivity index (χ0n) is 9.06. The molecule has 0 amide bonds. The average molecular weight is 207 g/mol. The number of hydrogen-bond acceptors (Lipinski definition) is 5. The highest BCUT2D eigenvalue weighted by atomic mass is 15.6. The van der Waals surface area contributed by atoms with Crippen LogP contribution in [0.1, 0.15) is 32.6 Å². The Labute approximate surface area is 89.9 Å². The second-order valence-electron chi connectivity index (χ2n) is 3.80. The molecule has 15 heavy (non-hydrogen) atoms. The summed E-state index contributed by atoms with van der Waals surface area (Å²) < 4.78 is 0. The van der Waals surface area contributed by atoms with E-state index < -0.39 is 0 Å². The first-order chi connectivity index (χ1) is 7.42. The lowest BCUT2D eigenvalue weighted by molar-refractivity contribution is 0.575. The van der Waals surface area contributed by atoms with Gasteiger partial charge in [0.05, 0.1) is 0 Å². The molecular weight excluding hydrogens is 190 g/mol. The van der Waals surface area contributed by atoms with Crippen molar-refractivity contribution in [3.05, 3.63) is 12.7 Å². The second-order valence-corrected chi connectivity index (χ2v) is 3.80. The highest BCUT2D eigenvalue weighted by Gasteiger charge is 2.30. The Hall–Kier alpha value is -1.23. The number of anilines is 1. The SMILES string of the molecule is CCCCNN(c1ncncn1)C1CC1. The third kappa shape index (κ3) is 2.86. The molecule has 1 N–H and O–H groups in total. The molecule has 1 heterocycles. The van der Waals surface area contributed by atoms with Gasteiger partial charge >= 0.3 is 0 Å². The predicted molar refractivity (Wildman–Crippen MR) is 58.2 cm³/mol. The first kappa shape index (κ1) is 10.3. The number of rotatable bonds is 6. The molecular formula is C10H17N5. The quantitative estimate of drug-likeness (QED) is 0.560. The van der Waals surface area contributed by atoms with Gasteiger partial charge in [-0.25, -0.2) is 20.4 Å². The van der Waals surface area contributed by atoms with Crippen LogP contribution in [0.15, 0.2) is 12.7 Å². The van der Waals surface area contributed by atoms with Crippen molar-refractivity contribution >= 4 is 5.95 Å². The fourth-order valence-corrected chi connectivity index (χ4v) is 1.43. The van der Waals surface area contributed by atoms with Crippen molar-refractivity contribution in [2.45, 2.75) is 38.6 Å². The van der Waals surface area contributed by atoms with Gasteiger partial charge in [-0.05, 0) is 19.3 Å². The smallest absolute Gasteiger partial charge is 0.243 e. The second kappa shape index (κ2) is 5.02. The maximum atomic E-state index is 4.16. The summed E-state index contributed by atoms with van der Waals surface area (Å²) in [6.07, 6.45) is 7.91. The number of nitrogens with zero attached hydrogens (tertiary/aromatic N) is 4. The van der Waals surface area contributed by atoms with Crippen molar-refractivity contribution in [2.75, 3.05) is 11.6 Å². The van der Waals surface area contributed by atoms with Crippen LogP contribution in [-0.4, -0.2) is 27.5 Å². The number of aromatic nitrogens is 3. The lowest BCUT2D eigenvalue weighted by atomic mass is 10.3. The number of hydrazine groups is 1. The van der Waals surface area contributed by atoms with E-state index in [0.29, 0.717) is 6.04 Å². The van der Waals surface area contributed by atoms with E-state index in [-0.39, 0.29) is 0 Å². The molecule has 0 bridgehead atoms. The van der Waals surface area contributed by atoms with Crippen LogP contribution in [0.4, 0.5) is 5.95 Å². The van der Waals surface area contributed by atoms with Crippen LogP contribution in [-0.2, 0) is 0 Å². The Morgan fingerprint density at radius 3 is 2.73 bits per heavy atom. The summed E-state index contributed by atoms with van der Waals surface area (Å²) in [4.78, 5) is 12.1. The summed E-state index contributed by atoms with van der Waals surface area (Å²) in [6.45, 7) is 3.17. The maximum Gasteiger partial charge on any atom is 0.243 e. The van der Waals surface area contributed by atoms with E-state index in [1.165, 1.54) is 25.7 Å². The van der Waals surface area contributed by atoms with Crippen molar-refractivity contribution < 1.29 is 0 Å². The first-order valence-electron chi connectivity index (χ1n) is 5.56. The van der Waals surface area contributed by atoms with Crippen molar-refractivity contribution in [1.82, 2.24) is 20.4 Å². The van der Waals surface area contributed by atoms with E-state index in [0.717, 1.165) is 12.5 Å². The Bertz CT molecular complexity index is 285. The maximum absolute atomic E-state index is 4.16. The Kier molecular flexibility index (Phi) is 3.45. The molecule has 1 aliphatic rings. The van der Waals surface area contributed by atoms with Crippen LogP contribution >= 0.6 is 0 Å². The van der Waals surface area contributed by atoms with Crippen LogP contribution in [0.3, 0.4) is 0 Å². The molecule has 0 spiro atoms. The molecule has 0 aromatic carbocycles.